The molecule has 0 radical (unpaired) electrons. The summed E-state index contributed by atoms with van der Waals surface area (Å²) in [5.41, 5.74) is 6.05. The first-order chi connectivity index (χ1) is 21.8. The van der Waals surface area contributed by atoms with Gasteiger partial charge in [0.05, 0.1) is 0 Å². The van der Waals surface area contributed by atoms with Crippen molar-refractivity contribution in [2.45, 2.75) is 96.6 Å². The van der Waals surface area contributed by atoms with Crippen molar-refractivity contribution in [2.24, 2.45) is 0 Å². The zero-order valence-electron chi connectivity index (χ0n) is 27.8. The second kappa shape index (κ2) is 14.4. The number of nitrogens with zero attached hydrogens (tertiary/aromatic N) is 1. The smallest absolute Gasteiger partial charge is 0.413 e. The van der Waals surface area contributed by atoms with Gasteiger partial charge in [0, 0.05) is 40.1 Å². The summed E-state index contributed by atoms with van der Waals surface area (Å²) in [6.45, 7) is 12.5. The third-order valence-electron chi connectivity index (χ3n) is 9.49. The molecule has 4 heteroatoms. The number of benzene rings is 4. The number of nitrogens with one attached hydrogen (secondary N) is 1. The van der Waals surface area contributed by atoms with Gasteiger partial charge in [-0.25, -0.2) is 4.79 Å². The van der Waals surface area contributed by atoms with Crippen LogP contribution in [0.2, 0.25) is 0 Å². The molecule has 0 fully saturated rings. The van der Waals surface area contributed by atoms with Gasteiger partial charge in [-0.3, -0.25) is 5.32 Å². The zero-order chi connectivity index (χ0) is 31.9. The topological polar surface area (TPSA) is 41.6 Å². The Balaban J connectivity index is 1.45. The number of carbonyl (C=O) groups is 1. The van der Waals surface area contributed by atoms with E-state index in [4.69, 9.17) is 4.74 Å². The second-order valence-electron chi connectivity index (χ2n) is 13.4. The molecule has 0 aliphatic carbocycles. The highest BCUT2D eigenvalue weighted by molar-refractivity contribution is 5.88. The molecule has 1 aliphatic rings. The summed E-state index contributed by atoms with van der Waals surface area (Å²) in [5.74, 6) is 0.380. The van der Waals surface area contributed by atoms with Crippen LogP contribution in [0, 0.1) is 6.92 Å². The highest BCUT2D eigenvalue weighted by Gasteiger charge is 2.41. The number of aryl methyl sites for hydroxylation is 1. The molecule has 4 aromatic carbocycles. The van der Waals surface area contributed by atoms with E-state index in [1.54, 1.807) is 0 Å². The standard InChI is InChI=1S/C41H50N2O2/c1-6-7-8-9-10-20-27-43-38-28-31(2)37(29-36(38)32(3)30-40(43,4)5)42-39(44)45-41(33-21-14-11-15-22-33,34-23-16-12-17-24-34)35-25-18-13-19-26-35/h11-19,21-26,28-29,32H,6-10,20,27,30H2,1-5H3,(H,42,44). The molecule has 1 aliphatic heterocycles. The molecular weight excluding hydrogens is 552 g/mol. The first-order valence-electron chi connectivity index (χ1n) is 16.8. The minimum atomic E-state index is -1.12. The van der Waals surface area contributed by atoms with E-state index in [1.165, 1.54) is 49.8 Å². The maximum atomic E-state index is 14.0. The van der Waals surface area contributed by atoms with Gasteiger partial charge in [0.15, 0.2) is 5.60 Å². The predicted octanol–water partition coefficient (Wildman–Crippen LogP) is 11.0. The molecule has 0 spiro atoms. The van der Waals surface area contributed by atoms with Gasteiger partial charge in [-0.2, -0.15) is 0 Å². The van der Waals surface area contributed by atoms with Crippen LogP contribution in [0.1, 0.15) is 106 Å². The quantitative estimate of drug-likeness (QED) is 0.130. The minimum Gasteiger partial charge on any atom is -0.428 e. The van der Waals surface area contributed by atoms with Crippen molar-refractivity contribution < 1.29 is 9.53 Å². The van der Waals surface area contributed by atoms with E-state index in [-0.39, 0.29) is 5.54 Å². The first kappa shape index (κ1) is 32.3. The molecule has 0 saturated carbocycles. The van der Waals surface area contributed by atoms with Crippen molar-refractivity contribution >= 4 is 17.5 Å². The predicted molar refractivity (Wildman–Crippen MR) is 188 cm³/mol. The molecule has 236 valence electrons. The number of carbonyl (C=O) groups excluding carboxylic acids is 1. The molecule has 0 bridgehead atoms. The van der Waals surface area contributed by atoms with Crippen LogP contribution in [0.5, 0.6) is 0 Å². The number of unbranched alkanes of at least 4 members (excludes halogenated alkanes) is 5. The summed E-state index contributed by atoms with van der Waals surface area (Å²) >= 11 is 0. The van der Waals surface area contributed by atoms with Crippen LogP contribution in [0.4, 0.5) is 16.2 Å². The third-order valence-corrected chi connectivity index (χ3v) is 9.49. The average molecular weight is 603 g/mol. The Morgan fingerprint density at radius 2 is 1.33 bits per heavy atom. The summed E-state index contributed by atoms with van der Waals surface area (Å²) in [7, 11) is 0. The number of fused-ring (bicyclic) bond motifs is 1. The van der Waals surface area contributed by atoms with Gasteiger partial charge in [0.2, 0.25) is 0 Å². The lowest BCUT2D eigenvalue weighted by atomic mass is 9.79. The molecule has 0 saturated heterocycles. The van der Waals surface area contributed by atoms with E-state index in [0.29, 0.717) is 5.92 Å². The fourth-order valence-electron chi connectivity index (χ4n) is 7.21. The fourth-order valence-corrected chi connectivity index (χ4v) is 7.21. The van der Waals surface area contributed by atoms with Crippen molar-refractivity contribution in [1.82, 2.24) is 0 Å². The van der Waals surface area contributed by atoms with Crippen molar-refractivity contribution in [2.75, 3.05) is 16.8 Å². The number of rotatable bonds is 12. The van der Waals surface area contributed by atoms with E-state index in [9.17, 15) is 4.79 Å². The highest BCUT2D eigenvalue weighted by Crippen LogP contribution is 2.46. The van der Waals surface area contributed by atoms with Crippen LogP contribution in [0.3, 0.4) is 0 Å². The number of hydrogen-bond acceptors (Lipinski definition) is 3. The second-order valence-corrected chi connectivity index (χ2v) is 13.4. The fraction of sp³-hybridized carbons (Fsp3) is 0.390. The van der Waals surface area contributed by atoms with Crippen molar-refractivity contribution in [3.63, 3.8) is 0 Å². The maximum absolute atomic E-state index is 14.0. The normalized spacial score (nSPS) is 15.8. The molecule has 1 heterocycles. The Morgan fingerprint density at radius 3 is 1.87 bits per heavy atom. The lowest BCUT2D eigenvalue weighted by Gasteiger charge is -2.48. The van der Waals surface area contributed by atoms with E-state index >= 15 is 0 Å². The van der Waals surface area contributed by atoms with Crippen LogP contribution < -0.4 is 10.2 Å². The van der Waals surface area contributed by atoms with E-state index in [2.05, 4.69) is 57.0 Å². The Hall–Kier alpha value is -4.05. The van der Waals surface area contributed by atoms with Gasteiger partial charge < -0.3 is 9.64 Å². The highest BCUT2D eigenvalue weighted by atomic mass is 16.6. The summed E-state index contributed by atoms with van der Waals surface area (Å²) in [6.07, 6.45) is 8.31. The van der Waals surface area contributed by atoms with Crippen molar-refractivity contribution in [3.05, 3.63) is 131 Å². The molecule has 0 aromatic heterocycles. The Morgan fingerprint density at radius 1 is 0.822 bits per heavy atom. The van der Waals surface area contributed by atoms with Crippen LogP contribution in [0.25, 0.3) is 0 Å². The van der Waals surface area contributed by atoms with Gasteiger partial charge >= 0.3 is 6.09 Å². The summed E-state index contributed by atoms with van der Waals surface area (Å²) < 4.78 is 6.61. The average Bonchev–Trinajstić information content (AvgIpc) is 3.04. The molecule has 5 rings (SSSR count). The van der Waals surface area contributed by atoms with Crippen molar-refractivity contribution in [3.8, 4) is 0 Å². The van der Waals surface area contributed by atoms with Crippen LogP contribution in [0.15, 0.2) is 103 Å². The molecule has 45 heavy (non-hydrogen) atoms. The van der Waals surface area contributed by atoms with Gasteiger partial charge in [-0.1, -0.05) is 137 Å². The zero-order valence-corrected chi connectivity index (χ0v) is 27.8. The number of amides is 1. The minimum absolute atomic E-state index is 0.0802. The summed E-state index contributed by atoms with van der Waals surface area (Å²) in [4.78, 5) is 16.6. The third kappa shape index (κ3) is 7.11. The number of hydrogen-bond donors (Lipinski definition) is 1. The molecule has 1 atom stereocenters. The first-order valence-corrected chi connectivity index (χ1v) is 16.8. The molecule has 4 aromatic rings. The van der Waals surface area contributed by atoms with Gasteiger partial charge in [0.1, 0.15) is 0 Å². The molecule has 1 amide bonds. The molecule has 1 unspecified atom stereocenters. The number of anilines is 2. The molecule has 1 N–H and O–H groups in total. The molecule has 4 nitrogen and oxygen atoms in total. The van der Waals surface area contributed by atoms with Crippen LogP contribution >= 0.6 is 0 Å². The van der Waals surface area contributed by atoms with E-state index in [1.807, 2.05) is 91.0 Å². The lowest BCUT2D eigenvalue weighted by Crippen LogP contribution is -2.48. The summed E-state index contributed by atoms with van der Waals surface area (Å²) in [6, 6.07) is 34.5. The van der Waals surface area contributed by atoms with Gasteiger partial charge in [0.25, 0.3) is 0 Å². The summed E-state index contributed by atoms with van der Waals surface area (Å²) in [5, 5.41) is 3.17. The van der Waals surface area contributed by atoms with Crippen molar-refractivity contribution in [1.29, 1.82) is 0 Å². The Labute approximate surface area is 270 Å². The number of ether oxygens (including phenoxy) is 1. The van der Waals surface area contributed by atoms with E-state index in [0.717, 1.165) is 40.9 Å². The van der Waals surface area contributed by atoms with Crippen LogP contribution in [-0.2, 0) is 10.3 Å². The van der Waals surface area contributed by atoms with Gasteiger partial charge in [-0.15, -0.1) is 0 Å². The Kier molecular flexibility index (Phi) is 10.3. The SMILES string of the molecule is CCCCCCCCN1c2cc(C)c(NC(=O)OC(c3ccccc3)(c3ccccc3)c3ccccc3)cc2C(C)CC1(C)C. The Bertz CT molecular complexity index is 1440. The van der Waals surface area contributed by atoms with Crippen LogP contribution in [-0.4, -0.2) is 18.2 Å². The van der Waals surface area contributed by atoms with E-state index < -0.39 is 11.7 Å². The maximum Gasteiger partial charge on any atom is 0.413 e. The lowest BCUT2D eigenvalue weighted by molar-refractivity contribution is 0.0786. The van der Waals surface area contributed by atoms with Gasteiger partial charge in [-0.05, 0) is 62.8 Å². The monoisotopic (exact) mass is 602 g/mol. The largest absolute Gasteiger partial charge is 0.428 e. The molecular formula is C41H50N2O2.